The van der Waals surface area contributed by atoms with E-state index in [1.807, 2.05) is 0 Å². The molecule has 0 aromatic rings. The van der Waals surface area contributed by atoms with Gasteiger partial charge >= 0.3 is 0 Å². The fourth-order valence-electron chi connectivity index (χ4n) is 1.89. The maximum atomic E-state index is 11.3. The van der Waals surface area contributed by atoms with Gasteiger partial charge in [-0.3, -0.25) is 0 Å². The maximum absolute atomic E-state index is 11.3. The van der Waals surface area contributed by atoms with E-state index < -0.39 is 9.84 Å². The number of sulfone groups is 1. The minimum atomic E-state index is -2.77. The van der Waals surface area contributed by atoms with Crippen molar-refractivity contribution in [3.63, 3.8) is 0 Å². The quantitative estimate of drug-likeness (QED) is 0.755. The van der Waals surface area contributed by atoms with Crippen LogP contribution in [-0.2, 0) is 9.84 Å². The van der Waals surface area contributed by atoms with Gasteiger partial charge in [0.05, 0.1) is 11.5 Å². The van der Waals surface area contributed by atoms with Crippen LogP contribution in [0.15, 0.2) is 0 Å². The Bertz CT molecular complexity index is 337. The maximum Gasteiger partial charge on any atom is 0.168 e. The molecule has 0 aliphatic carbocycles. The highest BCUT2D eigenvalue weighted by Crippen LogP contribution is 2.17. The number of nitrogens with one attached hydrogen (secondary N) is 1. The zero-order chi connectivity index (χ0) is 12.2. The highest BCUT2D eigenvalue weighted by atomic mass is 32.2. The first-order valence-electron chi connectivity index (χ1n) is 5.71. The van der Waals surface area contributed by atoms with E-state index in [2.05, 4.69) is 24.1 Å². The van der Waals surface area contributed by atoms with Crippen LogP contribution < -0.4 is 5.32 Å². The van der Waals surface area contributed by atoms with E-state index in [4.69, 9.17) is 12.2 Å². The molecule has 1 N–H and O–H groups in total. The van der Waals surface area contributed by atoms with Crippen LogP contribution in [0.1, 0.15) is 20.3 Å². The number of hydrogen-bond acceptors (Lipinski definition) is 3. The summed E-state index contributed by atoms with van der Waals surface area (Å²) in [6.07, 6.45) is 0.760. The molecule has 1 aliphatic rings. The number of hydrogen-bond donors (Lipinski definition) is 1. The van der Waals surface area contributed by atoms with E-state index >= 15 is 0 Å². The van der Waals surface area contributed by atoms with Gasteiger partial charge in [-0.1, -0.05) is 0 Å². The molecule has 16 heavy (non-hydrogen) atoms. The third kappa shape index (κ3) is 3.90. The van der Waals surface area contributed by atoms with Crippen LogP contribution in [-0.4, -0.2) is 49.6 Å². The summed E-state index contributed by atoms with van der Waals surface area (Å²) in [5.74, 6) is 0.858. The molecule has 94 valence electrons. The Hall–Kier alpha value is -0.360. The van der Waals surface area contributed by atoms with Crippen LogP contribution in [0.25, 0.3) is 0 Å². The molecule has 1 atom stereocenters. The van der Waals surface area contributed by atoms with Gasteiger partial charge in [-0.25, -0.2) is 8.42 Å². The predicted octanol–water partition coefficient (Wildman–Crippen LogP) is 0.637. The molecule has 0 radical (unpaired) electrons. The summed E-state index contributed by atoms with van der Waals surface area (Å²) < 4.78 is 22.5. The number of nitrogens with zero attached hydrogens (tertiary/aromatic N) is 1. The van der Waals surface area contributed by atoms with Gasteiger partial charge in [0.25, 0.3) is 0 Å². The molecule has 1 aliphatic heterocycles. The third-order valence-electron chi connectivity index (χ3n) is 2.92. The fraction of sp³-hybridized carbons (Fsp3) is 0.900. The highest BCUT2D eigenvalue weighted by Gasteiger charge is 2.27. The minimum Gasteiger partial charge on any atom is -0.362 e. The average Bonchev–Trinajstić information content (AvgIpc) is 2.57. The largest absolute Gasteiger partial charge is 0.362 e. The Labute approximate surface area is 103 Å². The Balaban J connectivity index is 2.33. The van der Waals surface area contributed by atoms with E-state index in [9.17, 15) is 8.42 Å². The second-order valence-electron chi connectivity index (χ2n) is 4.13. The van der Waals surface area contributed by atoms with E-state index in [-0.39, 0.29) is 5.92 Å². The van der Waals surface area contributed by atoms with Gasteiger partial charge in [-0.05, 0) is 38.4 Å². The van der Waals surface area contributed by atoms with Crippen LogP contribution in [0.3, 0.4) is 0 Å². The smallest absolute Gasteiger partial charge is 0.168 e. The van der Waals surface area contributed by atoms with Gasteiger partial charge in [0.15, 0.2) is 14.9 Å². The number of rotatable bonds is 4. The second kappa shape index (κ2) is 5.82. The molecule has 1 saturated heterocycles. The van der Waals surface area contributed by atoms with E-state index in [1.165, 1.54) is 0 Å². The molecule has 0 aromatic heterocycles. The summed E-state index contributed by atoms with van der Waals surface area (Å²) in [5, 5.41) is 3.89. The second-order valence-corrected chi connectivity index (χ2v) is 6.74. The van der Waals surface area contributed by atoms with Gasteiger partial charge in [0, 0.05) is 19.6 Å². The number of thiocarbonyl (C=S) groups is 1. The lowest BCUT2D eigenvalue weighted by Crippen LogP contribution is -2.41. The van der Waals surface area contributed by atoms with Gasteiger partial charge < -0.3 is 10.2 Å². The molecule has 0 bridgehead atoms. The van der Waals surface area contributed by atoms with Crippen molar-refractivity contribution in [2.75, 3.05) is 31.1 Å². The van der Waals surface area contributed by atoms with Crippen LogP contribution in [0.4, 0.5) is 0 Å². The predicted molar refractivity (Wildman–Crippen MR) is 70.3 cm³/mol. The van der Waals surface area contributed by atoms with Gasteiger partial charge in [0.2, 0.25) is 0 Å². The van der Waals surface area contributed by atoms with E-state index in [1.54, 1.807) is 0 Å². The van der Waals surface area contributed by atoms with Crippen molar-refractivity contribution in [3.05, 3.63) is 0 Å². The van der Waals surface area contributed by atoms with Gasteiger partial charge in [0.1, 0.15) is 0 Å². The lowest BCUT2D eigenvalue weighted by Gasteiger charge is -2.23. The zero-order valence-electron chi connectivity index (χ0n) is 9.90. The molecule has 1 fully saturated rings. The molecule has 0 unspecified atom stereocenters. The molecule has 6 heteroatoms. The van der Waals surface area contributed by atoms with Crippen molar-refractivity contribution >= 4 is 27.2 Å². The molecule has 0 aromatic carbocycles. The summed E-state index contributed by atoms with van der Waals surface area (Å²) in [5.41, 5.74) is 0. The van der Waals surface area contributed by atoms with Crippen molar-refractivity contribution in [3.8, 4) is 0 Å². The first kappa shape index (κ1) is 13.7. The summed E-state index contributed by atoms with van der Waals surface area (Å²) in [6.45, 7) is 6.54. The van der Waals surface area contributed by atoms with Gasteiger partial charge in [-0.15, -0.1) is 0 Å². The van der Waals surface area contributed by atoms with E-state index in [0.717, 1.165) is 24.6 Å². The normalized spacial score (nSPS) is 23.0. The fourth-order valence-corrected chi connectivity index (χ4v) is 4.09. The first-order valence-corrected chi connectivity index (χ1v) is 7.94. The molecule has 1 rings (SSSR count). The van der Waals surface area contributed by atoms with Crippen molar-refractivity contribution < 1.29 is 8.42 Å². The van der Waals surface area contributed by atoms with E-state index in [0.29, 0.717) is 18.1 Å². The van der Waals surface area contributed by atoms with Crippen LogP contribution in [0.2, 0.25) is 0 Å². The highest BCUT2D eigenvalue weighted by molar-refractivity contribution is 7.91. The van der Waals surface area contributed by atoms with Crippen molar-refractivity contribution in [2.45, 2.75) is 20.3 Å². The summed E-state index contributed by atoms with van der Waals surface area (Å²) in [4.78, 5) is 2.05. The zero-order valence-corrected chi connectivity index (χ0v) is 11.5. The molecule has 0 spiro atoms. The van der Waals surface area contributed by atoms with Crippen molar-refractivity contribution in [1.29, 1.82) is 0 Å². The van der Waals surface area contributed by atoms with Crippen LogP contribution >= 0.6 is 12.2 Å². The summed E-state index contributed by atoms with van der Waals surface area (Å²) in [7, 11) is -2.77. The molecular formula is C10H20N2O2S2. The first-order chi connectivity index (χ1) is 7.48. The standard InChI is InChI=1S/C10H20N2O2S2/c1-3-12(4-2)10(15)11-7-9-5-6-16(13,14)8-9/h9H,3-8H2,1-2H3,(H,11,15)/t9-/m1/s1. The molecule has 0 saturated carbocycles. The summed E-state index contributed by atoms with van der Waals surface area (Å²) >= 11 is 5.23. The average molecular weight is 264 g/mol. The SMILES string of the molecule is CCN(CC)C(=S)NC[C@H]1CCS(=O)(=O)C1. The molecule has 4 nitrogen and oxygen atoms in total. The van der Waals surface area contributed by atoms with Gasteiger partial charge in [-0.2, -0.15) is 0 Å². The van der Waals surface area contributed by atoms with Crippen molar-refractivity contribution in [1.82, 2.24) is 10.2 Å². The van der Waals surface area contributed by atoms with Crippen molar-refractivity contribution in [2.24, 2.45) is 5.92 Å². The van der Waals surface area contributed by atoms with Crippen LogP contribution in [0, 0.1) is 5.92 Å². The Morgan fingerprint density at radius 2 is 2.06 bits per heavy atom. The Morgan fingerprint density at radius 3 is 2.50 bits per heavy atom. The Morgan fingerprint density at radius 1 is 1.44 bits per heavy atom. The molecule has 0 amide bonds. The Kier molecular flexibility index (Phi) is 4.98. The summed E-state index contributed by atoms with van der Waals surface area (Å²) in [6, 6.07) is 0. The minimum absolute atomic E-state index is 0.221. The topological polar surface area (TPSA) is 49.4 Å². The lowest BCUT2D eigenvalue weighted by atomic mass is 10.1. The molecule has 1 heterocycles. The molecular weight excluding hydrogens is 244 g/mol. The lowest BCUT2D eigenvalue weighted by molar-refractivity contribution is 0.447. The van der Waals surface area contributed by atoms with Crippen LogP contribution in [0.5, 0.6) is 0 Å². The monoisotopic (exact) mass is 264 g/mol. The third-order valence-corrected chi connectivity index (χ3v) is 5.16.